The van der Waals surface area contributed by atoms with Crippen LogP contribution in [0.5, 0.6) is 0 Å². The molecule has 2 rings (SSSR count). The molecule has 3 atom stereocenters. The summed E-state index contributed by atoms with van der Waals surface area (Å²) in [7, 11) is 0. The van der Waals surface area contributed by atoms with Gasteiger partial charge >= 0.3 is 6.03 Å². The fraction of sp³-hybridized carbons (Fsp3) is 0.625. The summed E-state index contributed by atoms with van der Waals surface area (Å²) in [6.07, 6.45) is 7.26. The van der Waals surface area contributed by atoms with Crippen LogP contribution in [0.2, 0.25) is 0 Å². The fourth-order valence-corrected chi connectivity index (χ4v) is 3.59. The van der Waals surface area contributed by atoms with Crippen LogP contribution >= 0.6 is 11.8 Å². The number of carbonyl (C=O) groups excluding carboxylic acids is 1. The lowest BCUT2D eigenvalue weighted by atomic mass is 10.0. The summed E-state index contributed by atoms with van der Waals surface area (Å²) < 4.78 is 0. The van der Waals surface area contributed by atoms with Crippen LogP contribution in [-0.2, 0) is 0 Å². The Morgan fingerprint density at radius 2 is 2.19 bits per heavy atom. The number of aromatic nitrogens is 1. The lowest BCUT2D eigenvalue weighted by Gasteiger charge is -2.23. The third kappa shape index (κ3) is 4.63. The van der Waals surface area contributed by atoms with Crippen LogP contribution < -0.4 is 10.6 Å². The van der Waals surface area contributed by atoms with Crippen LogP contribution in [0.3, 0.4) is 0 Å². The Hall–Kier alpha value is -1.23. The maximum absolute atomic E-state index is 12.2. The minimum absolute atomic E-state index is 0.0519. The van der Waals surface area contributed by atoms with E-state index in [4.69, 9.17) is 0 Å². The van der Waals surface area contributed by atoms with Gasteiger partial charge in [0.2, 0.25) is 0 Å². The summed E-state index contributed by atoms with van der Waals surface area (Å²) in [5, 5.41) is 6.87. The predicted molar refractivity (Wildman–Crippen MR) is 88.4 cm³/mol. The number of nitrogens with zero attached hydrogens (tertiary/aromatic N) is 1. The highest BCUT2D eigenvalue weighted by Gasteiger charge is 2.26. The molecule has 21 heavy (non-hydrogen) atoms. The van der Waals surface area contributed by atoms with E-state index in [0.29, 0.717) is 17.2 Å². The zero-order valence-electron chi connectivity index (χ0n) is 13.0. The van der Waals surface area contributed by atoms with Crippen molar-refractivity contribution in [2.24, 2.45) is 5.92 Å². The van der Waals surface area contributed by atoms with Gasteiger partial charge in [-0.2, -0.15) is 11.8 Å². The third-order valence-corrected chi connectivity index (χ3v) is 5.11. The molecular weight excluding hydrogens is 282 g/mol. The lowest BCUT2D eigenvalue weighted by molar-refractivity contribution is 0.229. The standard InChI is InChI=1S/C16H25N3OS/c1-11(2)15(14-6-4-5-9-17-14)19-16(20)18-12-7-8-13(10-12)21-3/h4-6,9,11-13,15H,7-8,10H2,1-3H3,(H2,18,19,20)/t12-,13-,15-/m1/s1. The SMILES string of the molecule is CS[C@@H]1CC[C@@H](NC(=O)N[C@@H](c2ccccn2)C(C)C)C1. The number of rotatable bonds is 5. The summed E-state index contributed by atoms with van der Waals surface area (Å²) in [5.41, 5.74) is 0.913. The maximum Gasteiger partial charge on any atom is 0.315 e. The third-order valence-electron chi connectivity index (χ3n) is 4.01. The molecule has 4 nitrogen and oxygen atoms in total. The Bertz CT molecular complexity index is 452. The number of thioether (sulfide) groups is 1. The van der Waals surface area contributed by atoms with Crippen molar-refractivity contribution in [2.75, 3.05) is 6.26 Å². The highest BCUT2D eigenvalue weighted by molar-refractivity contribution is 7.99. The van der Waals surface area contributed by atoms with Crippen molar-refractivity contribution in [3.63, 3.8) is 0 Å². The van der Waals surface area contributed by atoms with Crippen LogP contribution in [-0.4, -0.2) is 28.6 Å². The first-order chi connectivity index (χ1) is 10.1. The molecule has 0 radical (unpaired) electrons. The summed E-state index contributed by atoms with van der Waals surface area (Å²) in [6.45, 7) is 4.19. The Kier molecular flexibility index (Phi) is 5.91. The number of amides is 2. The van der Waals surface area contributed by atoms with Gasteiger partial charge in [-0.05, 0) is 43.6 Å². The molecule has 0 aliphatic heterocycles. The zero-order valence-corrected chi connectivity index (χ0v) is 13.8. The van der Waals surface area contributed by atoms with Gasteiger partial charge in [0.25, 0.3) is 0 Å². The molecule has 0 unspecified atom stereocenters. The second-order valence-electron chi connectivity index (χ2n) is 5.96. The zero-order chi connectivity index (χ0) is 15.2. The molecular formula is C16H25N3OS. The number of nitrogens with one attached hydrogen (secondary N) is 2. The minimum Gasteiger partial charge on any atom is -0.335 e. The van der Waals surface area contributed by atoms with Crippen LogP contribution in [0.1, 0.15) is 44.8 Å². The van der Waals surface area contributed by atoms with Crippen molar-refractivity contribution in [2.45, 2.75) is 50.4 Å². The molecule has 116 valence electrons. The summed E-state index contributed by atoms with van der Waals surface area (Å²) >= 11 is 1.90. The maximum atomic E-state index is 12.2. The van der Waals surface area contributed by atoms with Crippen molar-refractivity contribution < 1.29 is 4.79 Å². The van der Waals surface area contributed by atoms with Crippen molar-refractivity contribution >= 4 is 17.8 Å². The average molecular weight is 307 g/mol. The van der Waals surface area contributed by atoms with Crippen LogP contribution in [0.4, 0.5) is 4.79 Å². The van der Waals surface area contributed by atoms with Crippen LogP contribution in [0, 0.1) is 5.92 Å². The quantitative estimate of drug-likeness (QED) is 0.877. The molecule has 0 aromatic carbocycles. The van der Waals surface area contributed by atoms with E-state index >= 15 is 0 Å². The Labute approximate surface area is 131 Å². The van der Waals surface area contributed by atoms with Gasteiger partial charge in [0.1, 0.15) is 0 Å². The first-order valence-corrected chi connectivity index (χ1v) is 8.89. The van der Waals surface area contributed by atoms with Crippen molar-refractivity contribution in [3.8, 4) is 0 Å². The molecule has 5 heteroatoms. The molecule has 0 spiro atoms. The normalized spacial score (nSPS) is 23.0. The van der Waals surface area contributed by atoms with Gasteiger partial charge < -0.3 is 10.6 Å². The Morgan fingerprint density at radius 3 is 2.76 bits per heavy atom. The molecule has 1 aliphatic rings. The molecule has 1 heterocycles. The number of carbonyl (C=O) groups is 1. The predicted octanol–water partition coefficient (Wildman–Crippen LogP) is 3.36. The average Bonchev–Trinajstić information content (AvgIpc) is 2.93. The van der Waals surface area contributed by atoms with Gasteiger partial charge in [-0.15, -0.1) is 0 Å². The molecule has 0 saturated heterocycles. The van der Waals surface area contributed by atoms with Gasteiger partial charge in [0.05, 0.1) is 11.7 Å². The molecule has 0 bridgehead atoms. The van der Waals surface area contributed by atoms with Crippen molar-refractivity contribution in [1.29, 1.82) is 0 Å². The highest BCUT2D eigenvalue weighted by atomic mass is 32.2. The van der Waals surface area contributed by atoms with Gasteiger partial charge in [-0.25, -0.2) is 4.79 Å². The molecule has 1 saturated carbocycles. The second kappa shape index (κ2) is 7.69. The summed E-state index contributed by atoms with van der Waals surface area (Å²) in [6, 6.07) is 5.98. The smallest absolute Gasteiger partial charge is 0.315 e. The van der Waals surface area contributed by atoms with Gasteiger partial charge in [-0.1, -0.05) is 19.9 Å². The number of pyridine rings is 1. The molecule has 1 aliphatic carbocycles. The van der Waals surface area contributed by atoms with E-state index in [1.54, 1.807) is 6.20 Å². The Balaban J connectivity index is 1.90. The second-order valence-corrected chi connectivity index (χ2v) is 7.10. The van der Waals surface area contributed by atoms with Crippen LogP contribution in [0.25, 0.3) is 0 Å². The molecule has 2 N–H and O–H groups in total. The van der Waals surface area contributed by atoms with E-state index in [1.165, 1.54) is 6.42 Å². The van der Waals surface area contributed by atoms with E-state index < -0.39 is 0 Å². The number of hydrogen-bond acceptors (Lipinski definition) is 3. The minimum atomic E-state index is -0.0777. The Morgan fingerprint density at radius 1 is 1.38 bits per heavy atom. The fourth-order valence-electron chi connectivity index (χ4n) is 2.80. The van der Waals surface area contributed by atoms with Crippen molar-refractivity contribution in [1.82, 2.24) is 15.6 Å². The number of urea groups is 1. The first kappa shape index (κ1) is 16.1. The highest BCUT2D eigenvalue weighted by Crippen LogP contribution is 2.28. The van der Waals surface area contributed by atoms with Crippen LogP contribution in [0.15, 0.2) is 24.4 Å². The molecule has 2 amide bonds. The largest absolute Gasteiger partial charge is 0.335 e. The lowest BCUT2D eigenvalue weighted by Crippen LogP contribution is -2.44. The summed E-state index contributed by atoms with van der Waals surface area (Å²) in [4.78, 5) is 16.6. The van der Waals surface area contributed by atoms with E-state index in [1.807, 2.05) is 30.0 Å². The molecule has 1 aromatic rings. The molecule has 1 fully saturated rings. The van der Waals surface area contributed by atoms with E-state index in [0.717, 1.165) is 18.5 Å². The summed E-state index contributed by atoms with van der Waals surface area (Å²) in [5.74, 6) is 0.299. The van der Waals surface area contributed by atoms with E-state index in [9.17, 15) is 4.79 Å². The van der Waals surface area contributed by atoms with Gasteiger partial charge in [0.15, 0.2) is 0 Å². The first-order valence-electron chi connectivity index (χ1n) is 7.61. The number of hydrogen-bond donors (Lipinski definition) is 2. The van der Waals surface area contributed by atoms with Gasteiger partial charge in [0, 0.05) is 17.5 Å². The molecule has 1 aromatic heterocycles. The van der Waals surface area contributed by atoms with Crippen molar-refractivity contribution in [3.05, 3.63) is 30.1 Å². The van der Waals surface area contributed by atoms with E-state index in [-0.39, 0.29) is 12.1 Å². The monoisotopic (exact) mass is 307 g/mol. The topological polar surface area (TPSA) is 54.0 Å². The van der Waals surface area contributed by atoms with E-state index in [2.05, 4.69) is 35.7 Å². The van der Waals surface area contributed by atoms with Gasteiger partial charge in [-0.3, -0.25) is 4.98 Å².